The lowest BCUT2D eigenvalue weighted by molar-refractivity contribution is -0.148. The molecule has 1 aliphatic heterocycles. The number of nitrogens with two attached hydrogens (primary N) is 1. The van der Waals surface area contributed by atoms with Crippen LogP contribution in [0.15, 0.2) is 30.1 Å². The Morgan fingerprint density at radius 2 is 2.26 bits per heavy atom. The fourth-order valence-corrected chi connectivity index (χ4v) is 3.95. The minimum atomic E-state index is -0.117. The molecule has 0 amide bonds. The number of nitrogens with zero attached hydrogens (tertiary/aromatic N) is 3. The molecule has 0 spiro atoms. The van der Waals surface area contributed by atoms with E-state index in [1.807, 2.05) is 12.1 Å². The number of aromatic nitrogens is 3. The topological polar surface area (TPSA) is 91.7 Å². The predicted molar refractivity (Wildman–Crippen MR) is 101 cm³/mol. The van der Waals surface area contributed by atoms with Gasteiger partial charge in [-0.2, -0.15) is 5.10 Å². The number of nitrogen functional groups attached to an aromatic ring is 1. The van der Waals surface area contributed by atoms with Crippen LogP contribution in [0.1, 0.15) is 57.2 Å². The molecule has 1 aliphatic carbocycles. The zero-order valence-corrected chi connectivity index (χ0v) is 15.6. The second kappa shape index (κ2) is 7.68. The Kier molecular flexibility index (Phi) is 5.11. The first-order valence-corrected chi connectivity index (χ1v) is 9.65. The predicted octanol–water partition coefficient (Wildman–Crippen LogP) is 3.21. The van der Waals surface area contributed by atoms with Crippen molar-refractivity contribution in [1.29, 1.82) is 0 Å². The molecule has 27 heavy (non-hydrogen) atoms. The number of hydrogen-bond acceptors (Lipinski definition) is 6. The molecule has 0 bridgehead atoms. The van der Waals surface area contributed by atoms with Crippen LogP contribution in [0.25, 0.3) is 5.52 Å². The van der Waals surface area contributed by atoms with Crippen molar-refractivity contribution in [2.45, 2.75) is 57.7 Å². The average molecular weight is 370 g/mol. The molecule has 2 N–H and O–H groups in total. The lowest BCUT2D eigenvalue weighted by atomic mass is 9.88. The van der Waals surface area contributed by atoms with E-state index in [1.54, 1.807) is 4.52 Å². The van der Waals surface area contributed by atoms with Crippen molar-refractivity contribution in [3.63, 3.8) is 0 Å². The summed E-state index contributed by atoms with van der Waals surface area (Å²) in [6, 6.07) is 3.87. The smallest absolute Gasteiger partial charge is 0.306 e. The molecule has 3 unspecified atom stereocenters. The second-order valence-corrected chi connectivity index (χ2v) is 7.60. The van der Waals surface area contributed by atoms with E-state index in [4.69, 9.17) is 15.2 Å². The number of ether oxygens (including phenoxy) is 2. The molecule has 144 valence electrons. The minimum Gasteiger partial charge on any atom is -0.463 e. The molecule has 7 nitrogen and oxygen atoms in total. The maximum atomic E-state index is 12.1. The molecule has 4 rings (SSSR count). The van der Waals surface area contributed by atoms with Crippen LogP contribution in [0.5, 0.6) is 0 Å². The summed E-state index contributed by atoms with van der Waals surface area (Å²) in [6.45, 7) is 2.47. The van der Waals surface area contributed by atoms with E-state index in [0.717, 1.165) is 43.3 Å². The van der Waals surface area contributed by atoms with Crippen LogP contribution in [0.4, 0.5) is 5.82 Å². The van der Waals surface area contributed by atoms with Gasteiger partial charge in [0.2, 0.25) is 0 Å². The standard InChI is InChI=1S/C20H26N4O3/c1-13-2-4-14(5-3-13)10-19(25)26-11-15-6-9-18(27-15)16-7-8-17-20(21)22-12-23-24(16)17/h2,7-8,12,14-15,18H,3-6,9-11H2,1H3,(H2,21,22,23). The van der Waals surface area contributed by atoms with Crippen molar-refractivity contribution in [2.24, 2.45) is 5.92 Å². The molecular weight excluding hydrogens is 344 g/mol. The van der Waals surface area contributed by atoms with E-state index >= 15 is 0 Å². The highest BCUT2D eigenvalue weighted by Crippen LogP contribution is 2.34. The SMILES string of the molecule is CC1=CCC(CC(=O)OCC2CCC(c3ccc4c(N)ncnn34)O2)CC1. The van der Waals surface area contributed by atoms with E-state index in [1.165, 1.54) is 11.9 Å². The fourth-order valence-electron chi connectivity index (χ4n) is 3.95. The van der Waals surface area contributed by atoms with Crippen molar-refractivity contribution < 1.29 is 14.3 Å². The van der Waals surface area contributed by atoms with E-state index in [2.05, 4.69) is 23.1 Å². The summed E-state index contributed by atoms with van der Waals surface area (Å²) in [5.74, 6) is 0.747. The number of carbonyl (C=O) groups excluding carboxylic acids is 1. The summed E-state index contributed by atoms with van der Waals surface area (Å²) in [6.07, 6.45) is 8.91. The third-order valence-corrected chi connectivity index (χ3v) is 5.58. The lowest BCUT2D eigenvalue weighted by Gasteiger charge is -2.20. The van der Waals surface area contributed by atoms with Gasteiger partial charge in [0.05, 0.1) is 11.8 Å². The van der Waals surface area contributed by atoms with Gasteiger partial charge in [0.15, 0.2) is 5.82 Å². The third kappa shape index (κ3) is 3.98. The molecule has 1 saturated heterocycles. The van der Waals surface area contributed by atoms with Gasteiger partial charge in [-0.15, -0.1) is 0 Å². The second-order valence-electron chi connectivity index (χ2n) is 7.60. The van der Waals surface area contributed by atoms with Crippen molar-refractivity contribution >= 4 is 17.3 Å². The Morgan fingerprint density at radius 1 is 1.37 bits per heavy atom. The number of allylic oxidation sites excluding steroid dienone is 2. The zero-order valence-electron chi connectivity index (χ0n) is 15.6. The van der Waals surface area contributed by atoms with Crippen molar-refractivity contribution in [2.75, 3.05) is 12.3 Å². The van der Waals surface area contributed by atoms with Crippen LogP contribution >= 0.6 is 0 Å². The van der Waals surface area contributed by atoms with Gasteiger partial charge in [-0.25, -0.2) is 9.50 Å². The van der Waals surface area contributed by atoms with E-state index in [-0.39, 0.29) is 18.2 Å². The number of fused-ring (bicyclic) bond motifs is 1. The number of hydrogen-bond donors (Lipinski definition) is 1. The summed E-state index contributed by atoms with van der Waals surface area (Å²) in [5.41, 5.74) is 9.05. The Hall–Kier alpha value is -2.41. The molecular formula is C20H26N4O3. The maximum Gasteiger partial charge on any atom is 0.306 e. The van der Waals surface area contributed by atoms with Gasteiger partial charge in [0, 0.05) is 6.42 Å². The van der Waals surface area contributed by atoms with Gasteiger partial charge in [-0.1, -0.05) is 11.6 Å². The molecule has 3 atom stereocenters. The first-order chi connectivity index (χ1) is 13.1. The number of carbonyl (C=O) groups is 1. The first-order valence-electron chi connectivity index (χ1n) is 9.65. The molecule has 0 aromatic carbocycles. The average Bonchev–Trinajstić information content (AvgIpc) is 3.29. The van der Waals surface area contributed by atoms with Crippen LogP contribution in [-0.4, -0.2) is 33.3 Å². The fraction of sp³-hybridized carbons (Fsp3) is 0.550. The van der Waals surface area contributed by atoms with Gasteiger partial charge in [0.1, 0.15) is 24.6 Å². The van der Waals surface area contributed by atoms with E-state index < -0.39 is 0 Å². The number of anilines is 1. The molecule has 3 heterocycles. The van der Waals surface area contributed by atoms with Gasteiger partial charge in [-0.05, 0) is 57.1 Å². The summed E-state index contributed by atoms with van der Waals surface area (Å²) in [4.78, 5) is 16.1. The number of rotatable bonds is 5. The molecule has 0 radical (unpaired) electrons. The first kappa shape index (κ1) is 18.0. The maximum absolute atomic E-state index is 12.1. The van der Waals surface area contributed by atoms with Gasteiger partial charge >= 0.3 is 5.97 Å². The summed E-state index contributed by atoms with van der Waals surface area (Å²) >= 11 is 0. The monoisotopic (exact) mass is 370 g/mol. The molecule has 1 fully saturated rings. The Bertz CT molecular complexity index is 860. The quantitative estimate of drug-likeness (QED) is 0.642. The van der Waals surface area contributed by atoms with E-state index in [0.29, 0.717) is 24.8 Å². The summed E-state index contributed by atoms with van der Waals surface area (Å²) < 4.78 is 13.4. The Morgan fingerprint density at radius 3 is 3.07 bits per heavy atom. The van der Waals surface area contributed by atoms with Crippen LogP contribution in [0.3, 0.4) is 0 Å². The largest absolute Gasteiger partial charge is 0.463 e. The highest BCUT2D eigenvalue weighted by atomic mass is 16.6. The van der Waals surface area contributed by atoms with Crippen LogP contribution in [0.2, 0.25) is 0 Å². The number of esters is 1. The molecule has 0 saturated carbocycles. The highest BCUT2D eigenvalue weighted by molar-refractivity contribution is 5.69. The van der Waals surface area contributed by atoms with Crippen LogP contribution in [-0.2, 0) is 14.3 Å². The zero-order chi connectivity index (χ0) is 18.8. The van der Waals surface area contributed by atoms with Crippen LogP contribution < -0.4 is 5.73 Å². The summed E-state index contributed by atoms with van der Waals surface area (Å²) in [5, 5.41) is 4.27. The lowest BCUT2D eigenvalue weighted by Crippen LogP contribution is -2.20. The van der Waals surface area contributed by atoms with Crippen LogP contribution in [0, 0.1) is 5.92 Å². The van der Waals surface area contributed by atoms with Gasteiger partial charge in [0.25, 0.3) is 0 Å². The van der Waals surface area contributed by atoms with Gasteiger partial charge in [-0.3, -0.25) is 4.79 Å². The Labute approximate surface area is 158 Å². The summed E-state index contributed by atoms with van der Waals surface area (Å²) in [7, 11) is 0. The molecule has 2 aliphatic rings. The third-order valence-electron chi connectivity index (χ3n) is 5.58. The van der Waals surface area contributed by atoms with Gasteiger partial charge < -0.3 is 15.2 Å². The molecule has 2 aromatic rings. The molecule has 2 aromatic heterocycles. The minimum absolute atomic E-state index is 0.0721. The Balaban J connectivity index is 1.28. The normalized spacial score (nSPS) is 25.5. The molecule has 7 heteroatoms. The highest BCUT2D eigenvalue weighted by Gasteiger charge is 2.30. The van der Waals surface area contributed by atoms with Crippen molar-refractivity contribution in [3.05, 3.63) is 35.8 Å². The van der Waals surface area contributed by atoms with E-state index in [9.17, 15) is 4.79 Å². The van der Waals surface area contributed by atoms with Crippen molar-refractivity contribution in [3.8, 4) is 0 Å². The van der Waals surface area contributed by atoms with Crippen molar-refractivity contribution in [1.82, 2.24) is 14.6 Å².